The van der Waals surface area contributed by atoms with E-state index in [-0.39, 0.29) is 11.9 Å². The fourth-order valence-corrected chi connectivity index (χ4v) is 2.59. The molecule has 0 spiro atoms. The summed E-state index contributed by atoms with van der Waals surface area (Å²) < 4.78 is 2.08. The number of rotatable bonds is 5. The van der Waals surface area contributed by atoms with E-state index in [1.807, 2.05) is 20.2 Å². The van der Waals surface area contributed by atoms with Gasteiger partial charge in [0.25, 0.3) is 0 Å². The zero-order valence-corrected chi connectivity index (χ0v) is 13.6. The van der Waals surface area contributed by atoms with Crippen LogP contribution >= 0.6 is 0 Å². The molecule has 2 heterocycles. The van der Waals surface area contributed by atoms with Crippen molar-refractivity contribution in [3.05, 3.63) is 17.7 Å². The minimum Gasteiger partial charge on any atom is -0.353 e. The molecule has 2 rings (SSSR count). The molecule has 1 aliphatic rings. The number of amides is 1. The number of likely N-dealkylation sites (N-methyl/N-ethyl adjacent to an activating group) is 1. The van der Waals surface area contributed by atoms with Crippen LogP contribution in [0.5, 0.6) is 0 Å². The van der Waals surface area contributed by atoms with Crippen LogP contribution in [-0.4, -0.2) is 71.1 Å². The SMILES string of the molecule is Cc1ncn(CCNC(=O)[C@H](C)N2CCN(C)CC2)c1C. The van der Waals surface area contributed by atoms with E-state index in [9.17, 15) is 4.79 Å². The molecule has 118 valence electrons. The summed E-state index contributed by atoms with van der Waals surface area (Å²) in [4.78, 5) is 21.0. The lowest BCUT2D eigenvalue weighted by atomic mass is 10.2. The summed E-state index contributed by atoms with van der Waals surface area (Å²) in [5.74, 6) is 0.119. The van der Waals surface area contributed by atoms with E-state index in [0.717, 1.165) is 44.1 Å². The predicted octanol–water partition coefficient (Wildman–Crippen LogP) is 0.252. The smallest absolute Gasteiger partial charge is 0.237 e. The van der Waals surface area contributed by atoms with Crippen LogP contribution in [0.4, 0.5) is 0 Å². The third-order valence-corrected chi connectivity index (χ3v) is 4.46. The Morgan fingerprint density at radius 3 is 2.57 bits per heavy atom. The number of aryl methyl sites for hydroxylation is 1. The maximum atomic E-state index is 12.2. The molecule has 0 aromatic carbocycles. The molecule has 1 saturated heterocycles. The molecule has 0 unspecified atom stereocenters. The number of aromatic nitrogens is 2. The Kier molecular flexibility index (Phi) is 5.36. The van der Waals surface area contributed by atoms with E-state index in [1.165, 1.54) is 0 Å². The van der Waals surface area contributed by atoms with E-state index in [4.69, 9.17) is 0 Å². The van der Waals surface area contributed by atoms with E-state index in [2.05, 4.69) is 38.6 Å². The van der Waals surface area contributed by atoms with Crippen LogP contribution < -0.4 is 5.32 Å². The Morgan fingerprint density at radius 2 is 2.00 bits per heavy atom. The van der Waals surface area contributed by atoms with Crippen molar-refractivity contribution < 1.29 is 4.79 Å². The summed E-state index contributed by atoms with van der Waals surface area (Å²) in [5, 5.41) is 3.03. The second kappa shape index (κ2) is 7.04. The number of imidazole rings is 1. The van der Waals surface area contributed by atoms with Gasteiger partial charge in [-0.3, -0.25) is 9.69 Å². The lowest BCUT2D eigenvalue weighted by Crippen LogP contribution is -2.53. The van der Waals surface area contributed by atoms with Crippen LogP contribution in [0.2, 0.25) is 0 Å². The Bertz CT molecular complexity index is 476. The molecule has 0 radical (unpaired) electrons. The standard InChI is InChI=1S/C15H27N5O/c1-12-13(2)20(11-17-12)6-5-16-15(21)14(3)19-9-7-18(4)8-10-19/h11,14H,5-10H2,1-4H3,(H,16,21)/t14-/m0/s1. The zero-order chi connectivity index (χ0) is 15.4. The van der Waals surface area contributed by atoms with Crippen molar-refractivity contribution in [3.63, 3.8) is 0 Å². The lowest BCUT2D eigenvalue weighted by Gasteiger charge is -2.35. The molecule has 1 aromatic rings. The molecule has 1 aliphatic heterocycles. The van der Waals surface area contributed by atoms with Gasteiger partial charge in [-0.2, -0.15) is 0 Å². The molecule has 1 atom stereocenters. The van der Waals surface area contributed by atoms with E-state index < -0.39 is 0 Å². The van der Waals surface area contributed by atoms with Gasteiger partial charge in [0, 0.05) is 45.0 Å². The molecule has 1 fully saturated rings. The lowest BCUT2D eigenvalue weighted by molar-refractivity contribution is -0.126. The van der Waals surface area contributed by atoms with E-state index >= 15 is 0 Å². The van der Waals surface area contributed by atoms with Gasteiger partial charge in [0.15, 0.2) is 0 Å². The van der Waals surface area contributed by atoms with Gasteiger partial charge < -0.3 is 14.8 Å². The molecule has 0 aliphatic carbocycles. The topological polar surface area (TPSA) is 53.4 Å². The van der Waals surface area contributed by atoms with E-state index in [1.54, 1.807) is 0 Å². The monoisotopic (exact) mass is 293 g/mol. The first kappa shape index (κ1) is 16.0. The van der Waals surface area contributed by atoms with Crippen molar-refractivity contribution in [1.82, 2.24) is 24.7 Å². The molecule has 1 aromatic heterocycles. The number of hydrogen-bond acceptors (Lipinski definition) is 4. The first-order valence-corrected chi connectivity index (χ1v) is 7.67. The van der Waals surface area contributed by atoms with Crippen molar-refractivity contribution in [3.8, 4) is 0 Å². The number of nitrogens with one attached hydrogen (secondary N) is 1. The van der Waals surface area contributed by atoms with Gasteiger partial charge in [-0.25, -0.2) is 4.98 Å². The summed E-state index contributed by atoms with van der Waals surface area (Å²) in [6.45, 7) is 11.5. The number of carbonyl (C=O) groups is 1. The van der Waals surface area contributed by atoms with Crippen molar-refractivity contribution in [1.29, 1.82) is 0 Å². The highest BCUT2D eigenvalue weighted by Crippen LogP contribution is 2.05. The number of piperazine rings is 1. The molecule has 1 N–H and O–H groups in total. The molecular weight excluding hydrogens is 266 g/mol. The first-order chi connectivity index (χ1) is 9.99. The largest absolute Gasteiger partial charge is 0.353 e. The summed E-state index contributed by atoms with van der Waals surface area (Å²) in [5.41, 5.74) is 2.21. The average Bonchev–Trinajstić information content (AvgIpc) is 2.79. The van der Waals surface area contributed by atoms with Gasteiger partial charge >= 0.3 is 0 Å². The molecule has 0 saturated carbocycles. The zero-order valence-electron chi connectivity index (χ0n) is 13.6. The number of nitrogens with zero attached hydrogens (tertiary/aromatic N) is 4. The van der Waals surface area contributed by atoms with Crippen molar-refractivity contribution in [2.45, 2.75) is 33.4 Å². The molecule has 6 heteroatoms. The Balaban J connectivity index is 1.75. The molecule has 0 bridgehead atoms. The van der Waals surface area contributed by atoms with Gasteiger partial charge in [-0.1, -0.05) is 0 Å². The van der Waals surface area contributed by atoms with Crippen LogP contribution in [-0.2, 0) is 11.3 Å². The number of carbonyl (C=O) groups excluding carboxylic acids is 1. The molecule has 1 amide bonds. The summed E-state index contributed by atoms with van der Waals surface area (Å²) in [7, 11) is 2.12. The van der Waals surface area contributed by atoms with Gasteiger partial charge in [0.2, 0.25) is 5.91 Å². The van der Waals surface area contributed by atoms with Crippen LogP contribution in [0.1, 0.15) is 18.3 Å². The third kappa shape index (κ3) is 4.04. The van der Waals surface area contributed by atoms with Gasteiger partial charge in [0.1, 0.15) is 0 Å². The minimum absolute atomic E-state index is 0.0516. The highest BCUT2D eigenvalue weighted by molar-refractivity contribution is 5.81. The second-order valence-electron chi connectivity index (χ2n) is 5.92. The first-order valence-electron chi connectivity index (χ1n) is 7.67. The Morgan fingerprint density at radius 1 is 1.33 bits per heavy atom. The van der Waals surface area contributed by atoms with Gasteiger partial charge in [-0.15, -0.1) is 0 Å². The Labute approximate surface area is 127 Å². The number of hydrogen-bond donors (Lipinski definition) is 1. The van der Waals surface area contributed by atoms with Gasteiger partial charge in [-0.05, 0) is 27.8 Å². The third-order valence-electron chi connectivity index (χ3n) is 4.46. The minimum atomic E-state index is -0.0516. The highest BCUT2D eigenvalue weighted by Gasteiger charge is 2.23. The molecule has 6 nitrogen and oxygen atoms in total. The summed E-state index contributed by atoms with van der Waals surface area (Å²) in [6.07, 6.45) is 1.83. The maximum absolute atomic E-state index is 12.2. The molecular formula is C15H27N5O. The quantitative estimate of drug-likeness (QED) is 0.846. The maximum Gasteiger partial charge on any atom is 0.237 e. The predicted molar refractivity (Wildman–Crippen MR) is 83.2 cm³/mol. The highest BCUT2D eigenvalue weighted by atomic mass is 16.2. The van der Waals surface area contributed by atoms with Crippen molar-refractivity contribution >= 4 is 5.91 Å². The summed E-state index contributed by atoms with van der Waals surface area (Å²) in [6, 6.07) is -0.0516. The van der Waals surface area contributed by atoms with Crippen molar-refractivity contribution in [2.24, 2.45) is 0 Å². The fraction of sp³-hybridized carbons (Fsp3) is 0.733. The van der Waals surface area contributed by atoms with E-state index in [0.29, 0.717) is 6.54 Å². The van der Waals surface area contributed by atoms with Crippen LogP contribution in [0.25, 0.3) is 0 Å². The summed E-state index contributed by atoms with van der Waals surface area (Å²) >= 11 is 0. The van der Waals surface area contributed by atoms with Crippen LogP contribution in [0.3, 0.4) is 0 Å². The normalized spacial score (nSPS) is 18.7. The second-order valence-corrected chi connectivity index (χ2v) is 5.92. The fourth-order valence-electron chi connectivity index (χ4n) is 2.59. The van der Waals surface area contributed by atoms with Crippen LogP contribution in [0.15, 0.2) is 6.33 Å². The Hall–Kier alpha value is -1.40. The van der Waals surface area contributed by atoms with Crippen LogP contribution in [0, 0.1) is 13.8 Å². The average molecular weight is 293 g/mol. The van der Waals surface area contributed by atoms with Crippen molar-refractivity contribution in [2.75, 3.05) is 39.8 Å². The molecule has 21 heavy (non-hydrogen) atoms. The van der Waals surface area contributed by atoms with Gasteiger partial charge in [0.05, 0.1) is 18.1 Å².